The second-order valence-corrected chi connectivity index (χ2v) is 4.40. The number of carboxylic acids is 1. The Morgan fingerprint density at radius 3 is 2.68 bits per heavy atom. The largest absolute Gasteiger partial charge is 0.478 e. The molecule has 7 heteroatoms. The lowest BCUT2D eigenvalue weighted by atomic mass is 10.1. The van der Waals surface area contributed by atoms with Crippen LogP contribution in [0, 0.1) is 17.6 Å². The van der Waals surface area contributed by atoms with Crippen molar-refractivity contribution in [3.8, 4) is 0 Å². The first-order valence-electron chi connectivity index (χ1n) is 5.66. The average molecular weight is 270 g/mol. The number of nitrogens with zero attached hydrogens (tertiary/aromatic N) is 1. The second kappa shape index (κ2) is 4.93. The zero-order valence-corrected chi connectivity index (χ0v) is 9.90. The third kappa shape index (κ3) is 2.41. The van der Waals surface area contributed by atoms with Crippen molar-refractivity contribution in [3.63, 3.8) is 0 Å². The molecule has 1 saturated heterocycles. The lowest BCUT2D eigenvalue weighted by Crippen LogP contribution is -2.28. The average Bonchev–Trinajstić information content (AvgIpc) is 2.68. The van der Waals surface area contributed by atoms with E-state index in [9.17, 15) is 18.4 Å². The Morgan fingerprint density at radius 1 is 1.47 bits per heavy atom. The van der Waals surface area contributed by atoms with Gasteiger partial charge in [-0.3, -0.25) is 4.79 Å². The summed E-state index contributed by atoms with van der Waals surface area (Å²) in [6.07, 6.45) is 0.147. The number of hydrogen-bond acceptors (Lipinski definition) is 3. The molecule has 2 rings (SSSR count). The van der Waals surface area contributed by atoms with E-state index in [4.69, 9.17) is 10.8 Å². The number of amides is 1. The van der Waals surface area contributed by atoms with Crippen LogP contribution in [0.5, 0.6) is 0 Å². The highest BCUT2D eigenvalue weighted by Crippen LogP contribution is 2.30. The second-order valence-electron chi connectivity index (χ2n) is 4.40. The van der Waals surface area contributed by atoms with Gasteiger partial charge < -0.3 is 15.7 Å². The maximum atomic E-state index is 13.5. The van der Waals surface area contributed by atoms with Gasteiger partial charge in [0.2, 0.25) is 5.91 Å². The van der Waals surface area contributed by atoms with Gasteiger partial charge in [0.1, 0.15) is 17.2 Å². The molecule has 0 radical (unpaired) electrons. The van der Waals surface area contributed by atoms with E-state index in [2.05, 4.69) is 0 Å². The number of rotatable bonds is 3. The van der Waals surface area contributed by atoms with Crippen molar-refractivity contribution in [1.82, 2.24) is 0 Å². The third-order valence-corrected chi connectivity index (χ3v) is 3.08. The number of anilines is 1. The van der Waals surface area contributed by atoms with E-state index >= 15 is 0 Å². The molecule has 0 spiro atoms. The van der Waals surface area contributed by atoms with Gasteiger partial charge in [0.15, 0.2) is 0 Å². The highest BCUT2D eigenvalue weighted by Gasteiger charge is 2.33. The van der Waals surface area contributed by atoms with Gasteiger partial charge in [-0.2, -0.15) is 0 Å². The lowest BCUT2D eigenvalue weighted by Gasteiger charge is -2.19. The fraction of sp³-hybridized carbons (Fsp3) is 0.333. The molecule has 1 aliphatic rings. The van der Waals surface area contributed by atoms with Crippen molar-refractivity contribution in [2.45, 2.75) is 6.42 Å². The normalized spacial score (nSPS) is 19.0. The summed E-state index contributed by atoms with van der Waals surface area (Å²) in [6.45, 7) is 0.418. The van der Waals surface area contributed by atoms with E-state index in [1.807, 2.05) is 0 Å². The van der Waals surface area contributed by atoms with E-state index in [0.717, 1.165) is 11.0 Å². The highest BCUT2D eigenvalue weighted by atomic mass is 19.1. The first-order chi connectivity index (χ1) is 8.93. The molecule has 102 valence electrons. The molecule has 1 atom stereocenters. The van der Waals surface area contributed by atoms with Crippen molar-refractivity contribution in [2.24, 2.45) is 11.7 Å². The first kappa shape index (κ1) is 13.4. The molecule has 1 aromatic rings. The van der Waals surface area contributed by atoms with Crippen LogP contribution in [-0.2, 0) is 4.79 Å². The molecule has 1 aliphatic heterocycles. The van der Waals surface area contributed by atoms with Crippen LogP contribution in [0.4, 0.5) is 14.5 Å². The zero-order valence-electron chi connectivity index (χ0n) is 9.90. The number of aromatic carboxylic acids is 1. The quantitative estimate of drug-likeness (QED) is 0.857. The maximum absolute atomic E-state index is 13.5. The van der Waals surface area contributed by atoms with Gasteiger partial charge in [-0.15, -0.1) is 0 Å². The van der Waals surface area contributed by atoms with Crippen LogP contribution < -0.4 is 10.6 Å². The number of benzene rings is 1. The van der Waals surface area contributed by atoms with Gasteiger partial charge in [0.05, 0.1) is 5.69 Å². The molecule has 1 fully saturated rings. The van der Waals surface area contributed by atoms with Crippen molar-refractivity contribution in [3.05, 3.63) is 29.3 Å². The summed E-state index contributed by atoms with van der Waals surface area (Å²) in [5.74, 6) is -4.20. The Kier molecular flexibility index (Phi) is 3.48. The van der Waals surface area contributed by atoms with E-state index in [1.165, 1.54) is 0 Å². The molecule has 1 heterocycles. The smallest absolute Gasteiger partial charge is 0.340 e. The molecule has 0 bridgehead atoms. The molecule has 3 N–H and O–H groups in total. The highest BCUT2D eigenvalue weighted by molar-refractivity contribution is 6.03. The summed E-state index contributed by atoms with van der Waals surface area (Å²) in [5.41, 5.74) is 4.49. The molecule has 0 aromatic heterocycles. The van der Waals surface area contributed by atoms with Gasteiger partial charge in [-0.25, -0.2) is 13.6 Å². The van der Waals surface area contributed by atoms with E-state index in [-0.39, 0.29) is 37.0 Å². The number of carboxylic acid groups (broad SMARTS) is 1. The molecule has 0 saturated carbocycles. The molecule has 1 unspecified atom stereocenters. The third-order valence-electron chi connectivity index (χ3n) is 3.08. The van der Waals surface area contributed by atoms with Crippen LogP contribution in [-0.4, -0.2) is 30.1 Å². The Morgan fingerprint density at radius 2 is 2.16 bits per heavy atom. The molecular weight excluding hydrogens is 258 g/mol. The number of halogens is 2. The summed E-state index contributed by atoms with van der Waals surface area (Å²) < 4.78 is 26.8. The van der Waals surface area contributed by atoms with Crippen LogP contribution in [0.25, 0.3) is 0 Å². The Labute approximate surface area is 107 Å². The summed E-state index contributed by atoms with van der Waals surface area (Å²) >= 11 is 0. The van der Waals surface area contributed by atoms with Crippen molar-refractivity contribution < 1.29 is 23.5 Å². The molecule has 1 amide bonds. The minimum absolute atomic E-state index is 0.138. The first-order valence-corrected chi connectivity index (χ1v) is 5.66. The molecular formula is C12H12F2N2O3. The van der Waals surface area contributed by atoms with Crippen LogP contribution in [0.3, 0.4) is 0 Å². The van der Waals surface area contributed by atoms with Gasteiger partial charge >= 0.3 is 5.97 Å². The number of carbonyl (C=O) groups is 2. The Hall–Kier alpha value is -2.02. The summed E-state index contributed by atoms with van der Waals surface area (Å²) in [5, 5.41) is 8.98. The van der Waals surface area contributed by atoms with Gasteiger partial charge in [0, 0.05) is 19.0 Å². The van der Waals surface area contributed by atoms with Crippen molar-refractivity contribution in [1.29, 1.82) is 0 Å². The standard InChI is InChI=1S/C12H12F2N2O3/c13-7-2-8(14)11(12(18)19)9(3-7)16-5-6(4-15)1-10(16)17/h2-3,6H,1,4-5,15H2,(H,18,19). The zero-order chi connectivity index (χ0) is 14.2. The van der Waals surface area contributed by atoms with Gasteiger partial charge in [0.25, 0.3) is 0 Å². The molecule has 19 heavy (non-hydrogen) atoms. The van der Waals surface area contributed by atoms with Crippen LogP contribution >= 0.6 is 0 Å². The SMILES string of the molecule is NCC1CC(=O)N(c2cc(F)cc(F)c2C(=O)O)C1. The summed E-state index contributed by atoms with van der Waals surface area (Å²) in [6, 6.07) is 1.33. The lowest BCUT2D eigenvalue weighted by molar-refractivity contribution is -0.117. The van der Waals surface area contributed by atoms with Crippen LogP contribution in [0.15, 0.2) is 12.1 Å². The summed E-state index contributed by atoms with van der Waals surface area (Å²) in [4.78, 5) is 23.9. The number of hydrogen-bond donors (Lipinski definition) is 2. The predicted octanol–water partition coefficient (Wildman–Crippen LogP) is 0.975. The minimum Gasteiger partial charge on any atom is -0.478 e. The fourth-order valence-corrected chi connectivity index (χ4v) is 2.16. The van der Waals surface area contributed by atoms with Crippen molar-refractivity contribution in [2.75, 3.05) is 18.0 Å². The molecule has 1 aromatic carbocycles. The van der Waals surface area contributed by atoms with Crippen LogP contribution in [0.1, 0.15) is 16.8 Å². The molecule has 5 nitrogen and oxygen atoms in total. The Balaban J connectivity index is 2.50. The van der Waals surface area contributed by atoms with Gasteiger partial charge in [-0.05, 0) is 18.5 Å². The monoisotopic (exact) mass is 270 g/mol. The van der Waals surface area contributed by atoms with Crippen molar-refractivity contribution >= 4 is 17.6 Å². The summed E-state index contributed by atoms with van der Waals surface area (Å²) in [7, 11) is 0. The number of carbonyl (C=O) groups excluding carboxylic acids is 1. The Bertz CT molecular complexity index is 548. The van der Waals surface area contributed by atoms with E-state index in [0.29, 0.717) is 6.07 Å². The van der Waals surface area contributed by atoms with E-state index < -0.39 is 23.2 Å². The topological polar surface area (TPSA) is 83.6 Å². The maximum Gasteiger partial charge on any atom is 0.340 e. The van der Waals surface area contributed by atoms with E-state index in [1.54, 1.807) is 0 Å². The van der Waals surface area contributed by atoms with Crippen LogP contribution in [0.2, 0.25) is 0 Å². The fourth-order valence-electron chi connectivity index (χ4n) is 2.16. The molecule has 0 aliphatic carbocycles. The predicted molar refractivity (Wildman–Crippen MR) is 62.8 cm³/mol. The number of nitrogens with two attached hydrogens (primary N) is 1. The minimum atomic E-state index is -1.54. The van der Waals surface area contributed by atoms with Gasteiger partial charge in [-0.1, -0.05) is 0 Å².